The zero-order valence-electron chi connectivity index (χ0n) is 24.2. The Kier molecular flexibility index (Phi) is 11.1. The summed E-state index contributed by atoms with van der Waals surface area (Å²) in [7, 11) is -2.07. The molecule has 3 aromatic carbocycles. The Morgan fingerprint density at radius 3 is 2.19 bits per heavy atom. The number of nitrogens with one attached hydrogen (secondary N) is 1. The van der Waals surface area contributed by atoms with Crippen LogP contribution in [0.5, 0.6) is 11.5 Å². The molecule has 0 bridgehead atoms. The van der Waals surface area contributed by atoms with Gasteiger partial charge >= 0.3 is 0 Å². The predicted molar refractivity (Wildman–Crippen MR) is 158 cm³/mol. The van der Waals surface area contributed by atoms with Crippen LogP contribution in [0.3, 0.4) is 0 Å². The summed E-state index contributed by atoms with van der Waals surface area (Å²) in [5.74, 6) is -0.178. The summed E-state index contributed by atoms with van der Waals surface area (Å²) in [6.45, 7) is 2.91. The van der Waals surface area contributed by atoms with Crippen LogP contribution in [0, 0.1) is 5.82 Å². The number of halogens is 1. The van der Waals surface area contributed by atoms with Crippen molar-refractivity contribution in [1.82, 2.24) is 14.5 Å². The number of morpholine rings is 1. The third kappa shape index (κ3) is 8.76. The average Bonchev–Trinajstić information content (AvgIpc) is 3.04. The zero-order valence-corrected chi connectivity index (χ0v) is 25.0. The second kappa shape index (κ2) is 14.9. The summed E-state index contributed by atoms with van der Waals surface area (Å²) in [5.41, 5.74) is 1.66. The Morgan fingerprint density at radius 1 is 0.953 bits per heavy atom. The van der Waals surface area contributed by atoms with Gasteiger partial charge in [-0.3, -0.25) is 9.59 Å². The van der Waals surface area contributed by atoms with Crippen molar-refractivity contribution >= 4 is 21.8 Å². The van der Waals surface area contributed by atoms with Crippen LogP contribution in [0.4, 0.5) is 4.39 Å². The summed E-state index contributed by atoms with van der Waals surface area (Å²) in [5, 5.41) is 2.88. The zero-order chi connectivity index (χ0) is 30.8. The molecule has 1 aliphatic rings. The Labute approximate surface area is 251 Å². The summed E-state index contributed by atoms with van der Waals surface area (Å²) in [6, 6.07) is 18.2. The van der Waals surface area contributed by atoms with E-state index in [-0.39, 0.29) is 37.0 Å². The number of ether oxygens (including phenoxy) is 3. The molecule has 1 N–H and O–H groups in total. The largest absolute Gasteiger partial charge is 0.497 e. The maximum Gasteiger partial charge on any atom is 0.261 e. The highest BCUT2D eigenvalue weighted by Gasteiger charge is 2.28. The number of amides is 2. The van der Waals surface area contributed by atoms with Crippen LogP contribution in [0.15, 0.2) is 77.7 Å². The molecule has 10 nitrogen and oxygen atoms in total. The van der Waals surface area contributed by atoms with Gasteiger partial charge in [0.15, 0.2) is 6.61 Å². The number of sulfonamides is 1. The second-order valence-corrected chi connectivity index (χ2v) is 11.9. The Balaban J connectivity index is 1.38. The summed E-state index contributed by atoms with van der Waals surface area (Å²) < 4.78 is 56.7. The maximum absolute atomic E-state index is 13.5. The van der Waals surface area contributed by atoms with Gasteiger partial charge in [0.2, 0.25) is 15.9 Å². The molecule has 4 rings (SSSR count). The van der Waals surface area contributed by atoms with Gasteiger partial charge in [-0.05, 0) is 73.0 Å². The minimum atomic E-state index is -3.66. The van der Waals surface area contributed by atoms with Crippen molar-refractivity contribution in [2.24, 2.45) is 0 Å². The van der Waals surface area contributed by atoms with E-state index in [4.69, 9.17) is 14.2 Å². The van der Waals surface area contributed by atoms with E-state index in [1.807, 2.05) is 24.3 Å². The first-order valence-electron chi connectivity index (χ1n) is 13.9. The molecule has 0 unspecified atom stereocenters. The van der Waals surface area contributed by atoms with E-state index in [0.29, 0.717) is 37.5 Å². The average molecular weight is 614 g/mol. The summed E-state index contributed by atoms with van der Waals surface area (Å²) in [6.07, 6.45) is 0.592. The number of carbonyl (C=O) groups is 2. The fourth-order valence-electron chi connectivity index (χ4n) is 4.51. The molecule has 3 aromatic rings. The molecule has 0 saturated carbocycles. The number of carbonyl (C=O) groups excluding carboxylic acids is 2. The number of benzene rings is 3. The molecule has 1 heterocycles. The number of rotatable bonds is 13. The van der Waals surface area contributed by atoms with Crippen LogP contribution >= 0.6 is 0 Å². The minimum Gasteiger partial charge on any atom is -0.497 e. The van der Waals surface area contributed by atoms with Crippen LogP contribution in [0.1, 0.15) is 18.1 Å². The first kappa shape index (κ1) is 31.9. The number of hydrogen-bond donors (Lipinski definition) is 1. The predicted octanol–water partition coefficient (Wildman–Crippen LogP) is 3.01. The summed E-state index contributed by atoms with van der Waals surface area (Å²) in [4.78, 5) is 27.9. The van der Waals surface area contributed by atoms with Crippen molar-refractivity contribution < 1.29 is 36.6 Å². The van der Waals surface area contributed by atoms with Crippen molar-refractivity contribution in [3.05, 3.63) is 89.7 Å². The Hall–Kier alpha value is -4.00. The molecule has 0 aromatic heterocycles. The van der Waals surface area contributed by atoms with Crippen molar-refractivity contribution in [3.63, 3.8) is 0 Å². The smallest absolute Gasteiger partial charge is 0.261 e. The van der Waals surface area contributed by atoms with E-state index in [1.165, 1.54) is 45.6 Å². The van der Waals surface area contributed by atoms with Crippen LogP contribution in [0.2, 0.25) is 0 Å². The van der Waals surface area contributed by atoms with Gasteiger partial charge in [0, 0.05) is 26.2 Å². The molecule has 0 spiro atoms. The van der Waals surface area contributed by atoms with Gasteiger partial charge in [0.05, 0.1) is 25.2 Å². The number of nitrogens with zero attached hydrogens (tertiary/aromatic N) is 2. The van der Waals surface area contributed by atoms with Crippen molar-refractivity contribution in [2.75, 3.05) is 46.6 Å². The van der Waals surface area contributed by atoms with E-state index in [9.17, 15) is 22.4 Å². The van der Waals surface area contributed by atoms with Crippen LogP contribution in [0.25, 0.3) is 0 Å². The highest BCUT2D eigenvalue weighted by atomic mass is 32.2. The molecule has 12 heteroatoms. The molecular weight excluding hydrogens is 577 g/mol. The van der Waals surface area contributed by atoms with E-state index in [0.717, 1.165) is 11.3 Å². The highest BCUT2D eigenvalue weighted by Crippen LogP contribution is 2.21. The SMILES string of the molecule is COc1ccc(CCNC(=O)[C@H](C)N(Cc2ccc(F)cc2)C(=O)COc2ccc(S(=O)(=O)N3CCOCC3)cc2)cc1. The van der Waals surface area contributed by atoms with E-state index in [2.05, 4.69) is 5.32 Å². The van der Waals surface area contributed by atoms with Gasteiger partial charge < -0.3 is 24.4 Å². The molecule has 0 aliphatic carbocycles. The Bertz CT molecular complexity index is 1460. The quantitative estimate of drug-likeness (QED) is 0.315. The molecule has 2 amide bonds. The van der Waals surface area contributed by atoms with Gasteiger partial charge in [-0.15, -0.1) is 0 Å². The standard InChI is InChI=1S/C31H36FN3O7S/c1-23(31(37)33-16-15-24-5-9-27(40-2)10-6-24)35(21-25-3-7-26(32)8-4-25)30(36)22-42-28-11-13-29(14-12-28)43(38,39)34-17-19-41-20-18-34/h3-14,23H,15-22H2,1-2H3,(H,33,37)/t23-/m0/s1. The van der Waals surface area contributed by atoms with Crippen LogP contribution in [-0.2, 0) is 37.3 Å². The van der Waals surface area contributed by atoms with Crippen molar-refractivity contribution in [3.8, 4) is 11.5 Å². The molecule has 0 radical (unpaired) electrons. The second-order valence-electron chi connectivity index (χ2n) is 9.99. The van der Waals surface area contributed by atoms with Gasteiger partial charge in [0.1, 0.15) is 23.4 Å². The third-order valence-corrected chi connectivity index (χ3v) is 9.01. The van der Waals surface area contributed by atoms with Gasteiger partial charge in [-0.1, -0.05) is 24.3 Å². The molecular formula is C31H36FN3O7S. The molecule has 1 aliphatic heterocycles. The van der Waals surface area contributed by atoms with E-state index >= 15 is 0 Å². The fourth-order valence-corrected chi connectivity index (χ4v) is 5.92. The van der Waals surface area contributed by atoms with Crippen LogP contribution in [-0.4, -0.2) is 82.0 Å². The lowest BCUT2D eigenvalue weighted by Crippen LogP contribution is -2.49. The van der Waals surface area contributed by atoms with Gasteiger partial charge in [-0.2, -0.15) is 4.31 Å². The normalized spacial score (nSPS) is 14.5. The fraction of sp³-hybridized carbons (Fsp3) is 0.355. The first-order valence-corrected chi connectivity index (χ1v) is 15.4. The van der Waals surface area contributed by atoms with Gasteiger partial charge in [0.25, 0.3) is 5.91 Å². The topological polar surface area (TPSA) is 114 Å². The molecule has 1 atom stereocenters. The molecule has 230 valence electrons. The summed E-state index contributed by atoms with van der Waals surface area (Å²) >= 11 is 0. The minimum absolute atomic E-state index is 0.0618. The van der Waals surface area contributed by atoms with Gasteiger partial charge in [-0.25, -0.2) is 12.8 Å². The molecule has 1 fully saturated rings. The highest BCUT2D eigenvalue weighted by molar-refractivity contribution is 7.89. The number of hydrogen-bond acceptors (Lipinski definition) is 7. The molecule has 1 saturated heterocycles. The van der Waals surface area contributed by atoms with Crippen molar-refractivity contribution in [2.45, 2.75) is 30.8 Å². The maximum atomic E-state index is 13.5. The molecule has 43 heavy (non-hydrogen) atoms. The first-order chi connectivity index (χ1) is 20.7. The number of methoxy groups -OCH3 is 1. The Morgan fingerprint density at radius 2 is 1.56 bits per heavy atom. The lowest BCUT2D eigenvalue weighted by atomic mass is 10.1. The third-order valence-electron chi connectivity index (χ3n) is 7.10. The van der Waals surface area contributed by atoms with E-state index in [1.54, 1.807) is 26.2 Å². The van der Waals surface area contributed by atoms with Crippen molar-refractivity contribution in [1.29, 1.82) is 0 Å². The lowest BCUT2D eigenvalue weighted by Gasteiger charge is -2.29. The van der Waals surface area contributed by atoms with Crippen LogP contribution < -0.4 is 14.8 Å². The van der Waals surface area contributed by atoms with E-state index < -0.39 is 27.8 Å². The lowest BCUT2D eigenvalue weighted by molar-refractivity contribution is -0.142. The monoisotopic (exact) mass is 613 g/mol.